The predicted molar refractivity (Wildman–Crippen MR) is 305 cm³/mol. The van der Waals surface area contributed by atoms with Gasteiger partial charge in [0.1, 0.15) is 26.3 Å². The van der Waals surface area contributed by atoms with Crippen LogP contribution in [-0.2, 0) is 57.7 Å². The molecule has 2 saturated carbocycles. The minimum absolute atomic E-state index is 0.0630. The highest BCUT2D eigenvalue weighted by atomic mass is 32.3. The molecule has 2 fully saturated rings. The number of esters is 2. The van der Waals surface area contributed by atoms with Crippen LogP contribution < -0.4 is 0 Å². The van der Waals surface area contributed by atoms with Crippen LogP contribution in [0.2, 0.25) is 0 Å². The maximum absolute atomic E-state index is 11.8. The smallest absolute Gasteiger partial charge is 0.305 e. The predicted octanol–water partition coefficient (Wildman–Crippen LogP) is 12.8. The van der Waals surface area contributed by atoms with Gasteiger partial charge in [-0.25, -0.2) is 16.8 Å². The first kappa shape index (κ1) is 76.6. The molecule has 18 heteroatoms. The lowest BCUT2D eigenvalue weighted by Crippen LogP contribution is -2.49. The monoisotopic (exact) mass is 1130 g/mol. The van der Waals surface area contributed by atoms with Crippen LogP contribution in [0.25, 0.3) is 0 Å². The third-order valence-corrected chi connectivity index (χ3v) is 16.9. The zero-order chi connectivity index (χ0) is 57.1. The Bertz CT molecular complexity index is 1470. The summed E-state index contributed by atoms with van der Waals surface area (Å²) in [5.74, 6) is 1.99. The Balaban J connectivity index is 0. The summed E-state index contributed by atoms with van der Waals surface area (Å²) in [5, 5.41) is 0. The van der Waals surface area contributed by atoms with E-state index in [2.05, 4.69) is 49.9 Å². The highest BCUT2D eigenvalue weighted by Gasteiger charge is 2.21. The molecule has 0 aromatic carbocycles. The average Bonchev–Trinajstić information content (AvgIpc) is 4.13. The molecule has 456 valence electrons. The molecule has 0 amide bonds. The second-order valence-corrected chi connectivity index (χ2v) is 23.2. The first-order valence-corrected chi connectivity index (χ1v) is 33.5. The van der Waals surface area contributed by atoms with Crippen molar-refractivity contribution in [3.05, 3.63) is 0 Å². The maximum Gasteiger partial charge on any atom is 0.305 e. The van der Waals surface area contributed by atoms with Gasteiger partial charge < -0.3 is 37.0 Å². The molecule has 0 aliphatic heterocycles. The van der Waals surface area contributed by atoms with Crippen LogP contribution in [0.5, 0.6) is 0 Å². The van der Waals surface area contributed by atoms with E-state index in [1.54, 1.807) is 0 Å². The van der Waals surface area contributed by atoms with E-state index in [4.69, 9.17) is 18.9 Å². The largest absolute Gasteiger partial charge is 0.726 e. The Morgan fingerprint density at radius 3 is 0.895 bits per heavy atom. The number of carbonyl (C=O) groups is 2. The van der Waals surface area contributed by atoms with Crippen LogP contribution in [-0.4, -0.2) is 152 Å². The van der Waals surface area contributed by atoms with Crippen molar-refractivity contribution in [3.63, 3.8) is 0 Å². The average molecular weight is 1130 g/mol. The lowest BCUT2D eigenvalue weighted by Gasteiger charge is -2.35. The Morgan fingerprint density at radius 2 is 0.658 bits per heavy atom. The highest BCUT2D eigenvalue weighted by molar-refractivity contribution is 7.81. The zero-order valence-electron chi connectivity index (χ0n) is 50.1. The zero-order valence-corrected chi connectivity index (χ0v) is 51.7. The topological polar surface area (TPSA) is 204 Å². The number of carbonyl (C=O) groups excluding carboxylic acids is 2. The summed E-state index contributed by atoms with van der Waals surface area (Å²) < 4.78 is 88.2. The minimum atomic E-state index is -4.42. The molecule has 0 saturated heterocycles. The molecule has 2 rings (SSSR count). The Kier molecular flexibility index (Phi) is 52.1. The molecule has 2 aliphatic carbocycles. The fraction of sp³-hybridized carbons (Fsp3) is 0.966. The van der Waals surface area contributed by atoms with Gasteiger partial charge in [-0.3, -0.25) is 18.0 Å². The van der Waals surface area contributed by atoms with Gasteiger partial charge in [-0.15, -0.1) is 0 Å². The van der Waals surface area contributed by atoms with Crippen molar-refractivity contribution in [3.8, 4) is 0 Å². The third-order valence-electron chi connectivity index (χ3n) is 15.9. The summed E-state index contributed by atoms with van der Waals surface area (Å²) in [7, 11) is -8.85. The molecule has 16 nitrogen and oxygen atoms in total. The van der Waals surface area contributed by atoms with Gasteiger partial charge in [-0.1, -0.05) is 167 Å². The molecule has 0 spiro atoms. The first-order chi connectivity index (χ1) is 36.4. The van der Waals surface area contributed by atoms with Crippen LogP contribution in [0.4, 0.5) is 0 Å². The second-order valence-electron chi connectivity index (χ2n) is 21.1. The van der Waals surface area contributed by atoms with E-state index in [1.807, 2.05) is 0 Å². The van der Waals surface area contributed by atoms with Crippen LogP contribution in [0.1, 0.15) is 248 Å². The van der Waals surface area contributed by atoms with E-state index >= 15 is 0 Å². The molecule has 0 radical (unpaired) electrons. The molecule has 76 heavy (non-hydrogen) atoms. The molecule has 0 atom stereocenters. The molecular weight excluding hydrogens is 1010 g/mol. The lowest BCUT2D eigenvalue weighted by molar-refractivity contribution is -0.923. The van der Waals surface area contributed by atoms with Crippen molar-refractivity contribution >= 4 is 32.7 Å². The SMILES string of the molecule is CCOS(=O)(=O)[O-].CCOS(=O)(=O)[O-].CC[N+](CC)(CC)CCOCCOC(=O)CCCCCCCCCCC1CCCC1.CC[N+](CC)(CC)CCOCCOC(=O)CCCCCCCCCCCCC1CCCC1. The number of hydrogen-bond donors (Lipinski definition) is 0. The van der Waals surface area contributed by atoms with Crippen molar-refractivity contribution in [1.82, 2.24) is 0 Å². The fourth-order valence-corrected chi connectivity index (χ4v) is 10.9. The molecule has 0 bridgehead atoms. The number of quaternary nitrogens is 2. The van der Waals surface area contributed by atoms with Crippen molar-refractivity contribution in [2.24, 2.45) is 11.8 Å². The van der Waals surface area contributed by atoms with E-state index in [0.717, 1.165) is 112 Å². The molecule has 0 aromatic heterocycles. The van der Waals surface area contributed by atoms with Gasteiger partial charge in [-0.05, 0) is 80.1 Å². The Morgan fingerprint density at radius 1 is 0.395 bits per heavy atom. The maximum atomic E-state index is 11.8. The van der Waals surface area contributed by atoms with Gasteiger partial charge in [0, 0.05) is 12.8 Å². The van der Waals surface area contributed by atoms with Crippen LogP contribution in [0.15, 0.2) is 0 Å². The van der Waals surface area contributed by atoms with Crippen LogP contribution in [0.3, 0.4) is 0 Å². The van der Waals surface area contributed by atoms with Gasteiger partial charge in [0.25, 0.3) is 0 Å². The van der Waals surface area contributed by atoms with Crippen LogP contribution in [0, 0.1) is 11.8 Å². The number of unbranched alkanes of at least 4 members (excludes halogenated alkanes) is 16. The van der Waals surface area contributed by atoms with Crippen LogP contribution >= 0.6 is 0 Å². The lowest BCUT2D eigenvalue weighted by atomic mass is 9.99. The first-order valence-electron chi connectivity index (χ1n) is 30.8. The van der Waals surface area contributed by atoms with E-state index in [-0.39, 0.29) is 25.2 Å². The van der Waals surface area contributed by atoms with E-state index < -0.39 is 20.8 Å². The molecule has 0 aromatic rings. The summed E-state index contributed by atoms with van der Waals surface area (Å²) in [4.78, 5) is 23.6. The van der Waals surface area contributed by atoms with Crippen molar-refractivity contribution in [2.75, 3.05) is 105 Å². The summed E-state index contributed by atoms with van der Waals surface area (Å²) in [6.45, 7) is 28.4. The number of rotatable bonds is 46. The highest BCUT2D eigenvalue weighted by Crippen LogP contribution is 2.30. The van der Waals surface area contributed by atoms with Gasteiger partial charge in [0.15, 0.2) is 0 Å². The van der Waals surface area contributed by atoms with Gasteiger partial charge >= 0.3 is 11.9 Å². The fourth-order valence-electron chi connectivity index (χ4n) is 10.4. The normalized spacial score (nSPS) is 14.3. The van der Waals surface area contributed by atoms with Crippen molar-refractivity contribution < 1.29 is 71.8 Å². The summed E-state index contributed by atoms with van der Waals surface area (Å²) in [6.07, 6.45) is 39.5. The number of nitrogens with zero attached hydrogens (tertiary/aromatic N) is 2. The quantitative estimate of drug-likeness (QED) is 0.0183. The van der Waals surface area contributed by atoms with Crippen molar-refractivity contribution in [2.45, 2.75) is 248 Å². The number of likely N-dealkylation sites (N-methyl/N-ethyl adjacent to an activating group) is 2. The summed E-state index contributed by atoms with van der Waals surface area (Å²) >= 11 is 0. The molecule has 0 N–H and O–H groups in total. The molecular formula is C58H118N2O14S2. The van der Waals surface area contributed by atoms with E-state index in [0.29, 0.717) is 39.3 Å². The summed E-state index contributed by atoms with van der Waals surface area (Å²) in [5.41, 5.74) is 0. The Hall–Kier alpha value is -1.48. The van der Waals surface area contributed by atoms with E-state index in [1.165, 1.54) is 168 Å². The Labute approximate surface area is 467 Å². The second kappa shape index (κ2) is 51.7. The molecule has 0 unspecified atom stereocenters. The number of ether oxygens (including phenoxy) is 4. The third kappa shape index (κ3) is 49.6. The molecule has 2 aliphatic rings. The van der Waals surface area contributed by atoms with Gasteiger partial charge in [-0.2, -0.15) is 0 Å². The number of hydrogen-bond acceptors (Lipinski definition) is 14. The minimum Gasteiger partial charge on any atom is -0.726 e. The van der Waals surface area contributed by atoms with Gasteiger partial charge in [0.05, 0.1) is 78.9 Å². The standard InChI is InChI=1S/C28H56NO3.C26H52NO3.2C2H6O4S/c1-4-29(5-2,6-3)23-24-31-25-26-32-28(30)22-16-14-12-10-8-7-9-11-13-15-19-27-20-17-18-21-27;1-4-27(5-2,6-3)21-22-29-23-24-30-26(28)20-14-12-10-8-7-9-11-13-17-25-18-15-16-19-25;2*1-2-6-7(3,4)5/h27H,4-26H2,1-3H3;25H,4-24H2,1-3H3;2*2H2,1H3,(H,3,4,5)/q2*+1;;/p-2. The van der Waals surface area contributed by atoms with Gasteiger partial charge in [0.2, 0.25) is 20.8 Å². The molecule has 0 heterocycles. The van der Waals surface area contributed by atoms with E-state index in [9.17, 15) is 35.5 Å². The summed E-state index contributed by atoms with van der Waals surface area (Å²) in [6, 6.07) is 0. The van der Waals surface area contributed by atoms with Crippen molar-refractivity contribution in [1.29, 1.82) is 0 Å².